The second-order valence-corrected chi connectivity index (χ2v) is 10.7. The van der Waals surface area contributed by atoms with Crippen LogP contribution in [0.4, 0.5) is 0 Å². The topological polar surface area (TPSA) is 74.8 Å². The zero-order chi connectivity index (χ0) is 21.3. The highest BCUT2D eigenvalue weighted by molar-refractivity contribution is 7.89. The molecule has 7 heteroatoms. The Hall–Kier alpha value is -1.73. The van der Waals surface area contributed by atoms with E-state index in [0.29, 0.717) is 43.5 Å². The highest BCUT2D eigenvalue weighted by Crippen LogP contribution is 2.34. The Morgan fingerprint density at radius 2 is 1.55 bits per heavy atom. The number of amides is 1. The molecule has 1 atom stereocenters. The van der Waals surface area contributed by atoms with Gasteiger partial charge in [-0.3, -0.25) is 9.59 Å². The van der Waals surface area contributed by atoms with Crippen molar-refractivity contribution in [1.82, 2.24) is 9.21 Å². The average molecular weight is 421 g/mol. The molecule has 6 nitrogen and oxygen atoms in total. The molecule has 1 unspecified atom stereocenters. The van der Waals surface area contributed by atoms with Gasteiger partial charge in [-0.25, -0.2) is 8.42 Å². The first-order chi connectivity index (χ1) is 13.6. The highest BCUT2D eigenvalue weighted by Gasteiger charge is 2.41. The van der Waals surface area contributed by atoms with E-state index in [4.69, 9.17) is 0 Å². The number of hydrogen-bond donors (Lipinski definition) is 0. The number of sulfonamides is 1. The lowest BCUT2D eigenvalue weighted by molar-refractivity contribution is -0.140. The van der Waals surface area contributed by atoms with Crippen LogP contribution in [0, 0.1) is 11.8 Å². The molecule has 0 spiro atoms. The number of ketones is 1. The van der Waals surface area contributed by atoms with Gasteiger partial charge in [-0.15, -0.1) is 0 Å². The molecule has 2 fully saturated rings. The predicted molar refractivity (Wildman–Crippen MR) is 112 cm³/mol. The van der Waals surface area contributed by atoms with Crippen LogP contribution in [-0.2, 0) is 14.8 Å². The van der Waals surface area contributed by atoms with Crippen LogP contribution in [0.15, 0.2) is 29.2 Å². The molecule has 0 radical (unpaired) electrons. The lowest BCUT2D eigenvalue weighted by Crippen LogP contribution is -2.49. The van der Waals surface area contributed by atoms with Crippen LogP contribution in [0.3, 0.4) is 0 Å². The molecule has 1 aliphatic carbocycles. The number of nitrogens with zero attached hydrogens (tertiary/aromatic N) is 2. The summed E-state index contributed by atoms with van der Waals surface area (Å²) in [4.78, 5) is 26.9. The van der Waals surface area contributed by atoms with Gasteiger partial charge in [0.05, 0.1) is 4.90 Å². The van der Waals surface area contributed by atoms with E-state index < -0.39 is 10.0 Å². The molecule has 1 saturated carbocycles. The van der Waals surface area contributed by atoms with Gasteiger partial charge in [0.2, 0.25) is 15.9 Å². The molecule has 1 saturated heterocycles. The maximum Gasteiger partial charge on any atom is 0.243 e. The lowest BCUT2D eigenvalue weighted by atomic mass is 9.94. The van der Waals surface area contributed by atoms with Crippen molar-refractivity contribution in [2.75, 3.05) is 13.1 Å². The molecule has 160 valence electrons. The lowest BCUT2D eigenvalue weighted by Gasteiger charge is -2.37. The van der Waals surface area contributed by atoms with E-state index in [1.54, 1.807) is 12.1 Å². The minimum absolute atomic E-state index is 0.0934. The number of piperidine rings is 1. The van der Waals surface area contributed by atoms with Gasteiger partial charge in [0.25, 0.3) is 0 Å². The van der Waals surface area contributed by atoms with E-state index in [-0.39, 0.29) is 28.5 Å². The van der Waals surface area contributed by atoms with Gasteiger partial charge in [0, 0.05) is 36.7 Å². The first-order valence-corrected chi connectivity index (χ1v) is 12.0. The van der Waals surface area contributed by atoms with Gasteiger partial charge in [0.1, 0.15) is 0 Å². The summed E-state index contributed by atoms with van der Waals surface area (Å²) in [6.45, 7) is 8.55. The normalized spacial score (nSPS) is 19.9. The van der Waals surface area contributed by atoms with Gasteiger partial charge in [-0.2, -0.15) is 4.31 Å². The second kappa shape index (κ2) is 8.56. The van der Waals surface area contributed by atoms with Crippen LogP contribution in [0.2, 0.25) is 0 Å². The Kier molecular flexibility index (Phi) is 6.48. The number of benzene rings is 1. The van der Waals surface area contributed by atoms with E-state index in [2.05, 4.69) is 25.7 Å². The monoisotopic (exact) mass is 420 g/mol. The summed E-state index contributed by atoms with van der Waals surface area (Å²) in [6.07, 6.45) is 3.26. The van der Waals surface area contributed by atoms with Crippen LogP contribution in [0.1, 0.15) is 63.7 Å². The van der Waals surface area contributed by atoms with Crippen LogP contribution >= 0.6 is 0 Å². The van der Waals surface area contributed by atoms with Gasteiger partial charge in [0.15, 0.2) is 5.78 Å². The van der Waals surface area contributed by atoms with Crippen LogP contribution < -0.4 is 0 Å². The van der Waals surface area contributed by atoms with Crippen molar-refractivity contribution in [3.05, 3.63) is 29.8 Å². The van der Waals surface area contributed by atoms with Crippen molar-refractivity contribution in [2.45, 2.75) is 70.4 Å². The molecule has 1 heterocycles. The maximum atomic E-state index is 13.2. The number of hydrogen-bond acceptors (Lipinski definition) is 4. The Labute approximate surface area is 174 Å². The van der Waals surface area contributed by atoms with Crippen LogP contribution in [0.25, 0.3) is 0 Å². The van der Waals surface area contributed by atoms with Gasteiger partial charge in [-0.05, 0) is 57.6 Å². The van der Waals surface area contributed by atoms with E-state index in [1.807, 2.05) is 0 Å². The van der Waals surface area contributed by atoms with Crippen molar-refractivity contribution in [3.63, 3.8) is 0 Å². The Bertz CT molecular complexity index is 851. The molecular weight excluding hydrogens is 388 g/mol. The molecule has 0 bridgehead atoms. The fourth-order valence-corrected chi connectivity index (χ4v) is 5.42. The molecule has 0 N–H and O–H groups in total. The molecule has 0 aromatic heterocycles. The third-order valence-corrected chi connectivity index (χ3v) is 8.21. The summed E-state index contributed by atoms with van der Waals surface area (Å²) in [5, 5.41) is 0. The number of rotatable bonds is 7. The smallest absolute Gasteiger partial charge is 0.243 e. The van der Waals surface area contributed by atoms with E-state index in [9.17, 15) is 18.0 Å². The first-order valence-electron chi connectivity index (χ1n) is 10.6. The predicted octanol–water partition coefficient (Wildman–Crippen LogP) is 3.33. The van der Waals surface area contributed by atoms with Crippen molar-refractivity contribution < 1.29 is 18.0 Å². The van der Waals surface area contributed by atoms with Crippen LogP contribution in [0.5, 0.6) is 0 Å². The van der Waals surface area contributed by atoms with E-state index in [1.165, 1.54) is 23.4 Å². The van der Waals surface area contributed by atoms with Crippen LogP contribution in [-0.4, -0.2) is 54.5 Å². The summed E-state index contributed by atoms with van der Waals surface area (Å²) >= 11 is 0. The van der Waals surface area contributed by atoms with Gasteiger partial charge in [-0.1, -0.05) is 26.0 Å². The van der Waals surface area contributed by atoms with Crippen molar-refractivity contribution in [3.8, 4) is 0 Å². The summed E-state index contributed by atoms with van der Waals surface area (Å²) in [7, 11) is -3.61. The fraction of sp³-hybridized carbons (Fsp3) is 0.636. The quantitative estimate of drug-likeness (QED) is 0.634. The third kappa shape index (κ3) is 4.72. The number of carbonyl (C=O) groups is 2. The van der Waals surface area contributed by atoms with Crippen molar-refractivity contribution in [1.29, 1.82) is 0 Å². The second-order valence-electron chi connectivity index (χ2n) is 8.72. The summed E-state index contributed by atoms with van der Waals surface area (Å²) in [5.41, 5.74) is 0.493. The highest BCUT2D eigenvalue weighted by atomic mass is 32.2. The minimum atomic E-state index is -3.61. The molecule has 1 amide bonds. The molecule has 29 heavy (non-hydrogen) atoms. The molecule has 1 aromatic carbocycles. The Balaban J connectivity index is 1.66. The molecule has 1 aliphatic heterocycles. The van der Waals surface area contributed by atoms with Crippen molar-refractivity contribution >= 4 is 21.7 Å². The third-order valence-electron chi connectivity index (χ3n) is 6.30. The SMILES string of the molecule is CC(=O)c1ccc(S(=O)(=O)N2CCC(C(=O)N(C3CC3)C(C)C(C)C)CC2)cc1. The average Bonchev–Trinajstić information content (AvgIpc) is 3.53. The molecular formula is C22H32N2O4S. The standard InChI is InChI=1S/C22H32N2O4S/c1-15(2)16(3)24(20-7-8-20)22(26)19-11-13-23(14-12-19)29(27,28)21-9-5-18(6-10-21)17(4)25/h5-6,9-10,15-16,19-20H,7-8,11-14H2,1-4H3. The van der Waals surface area contributed by atoms with E-state index >= 15 is 0 Å². The zero-order valence-corrected chi connectivity index (χ0v) is 18.6. The van der Waals surface area contributed by atoms with Crippen molar-refractivity contribution in [2.24, 2.45) is 11.8 Å². The summed E-state index contributed by atoms with van der Waals surface area (Å²) in [5.74, 6) is 0.391. The minimum Gasteiger partial charge on any atom is -0.337 e. The zero-order valence-electron chi connectivity index (χ0n) is 17.8. The van der Waals surface area contributed by atoms with E-state index in [0.717, 1.165) is 12.8 Å². The van der Waals surface area contributed by atoms with Gasteiger partial charge >= 0.3 is 0 Å². The maximum absolute atomic E-state index is 13.2. The summed E-state index contributed by atoms with van der Waals surface area (Å²) < 4.78 is 27.3. The molecule has 3 rings (SSSR count). The Morgan fingerprint density at radius 3 is 2.00 bits per heavy atom. The number of Topliss-reactive ketones (excluding diaryl/α,β-unsaturated/α-hetero) is 1. The number of carbonyl (C=O) groups excluding carboxylic acids is 2. The first kappa shape index (κ1) is 22.0. The molecule has 2 aliphatic rings. The fourth-order valence-electron chi connectivity index (χ4n) is 3.95. The molecule has 1 aromatic rings. The largest absolute Gasteiger partial charge is 0.337 e. The van der Waals surface area contributed by atoms with Gasteiger partial charge < -0.3 is 4.90 Å². The summed E-state index contributed by atoms with van der Waals surface area (Å²) in [6, 6.07) is 6.64. The Morgan fingerprint density at radius 1 is 1.00 bits per heavy atom.